The highest BCUT2D eigenvalue weighted by Crippen LogP contribution is 2.32. The minimum atomic E-state index is 0.575. The fourth-order valence-corrected chi connectivity index (χ4v) is 3.54. The van der Waals surface area contributed by atoms with Crippen molar-refractivity contribution in [2.45, 2.75) is 58.5 Å². The Hall–Kier alpha value is -1.09. The smallest absolute Gasteiger partial charge is 0.133 e. The van der Waals surface area contributed by atoms with Crippen molar-refractivity contribution in [1.29, 1.82) is 0 Å². The second-order valence-corrected chi connectivity index (χ2v) is 6.19. The molecule has 3 nitrogen and oxygen atoms in total. The summed E-state index contributed by atoms with van der Waals surface area (Å²) in [6, 6.07) is 2.89. The Labute approximate surface area is 116 Å². The van der Waals surface area contributed by atoms with Crippen molar-refractivity contribution in [3.05, 3.63) is 22.9 Å². The molecule has 0 saturated carbocycles. The monoisotopic (exact) mass is 259 g/mol. The lowest BCUT2D eigenvalue weighted by Crippen LogP contribution is -2.43. The molecule has 0 amide bonds. The summed E-state index contributed by atoms with van der Waals surface area (Å²) < 4.78 is 0. The van der Waals surface area contributed by atoms with E-state index in [4.69, 9.17) is 10.7 Å². The average Bonchev–Trinajstić information content (AvgIpc) is 2.87. The van der Waals surface area contributed by atoms with E-state index in [2.05, 4.69) is 24.8 Å². The molecule has 19 heavy (non-hydrogen) atoms. The van der Waals surface area contributed by atoms with Crippen LogP contribution in [0.2, 0.25) is 0 Å². The Kier molecular flexibility index (Phi) is 3.48. The first-order valence-corrected chi connectivity index (χ1v) is 7.69. The van der Waals surface area contributed by atoms with Gasteiger partial charge in [-0.05, 0) is 56.6 Å². The van der Waals surface area contributed by atoms with Crippen molar-refractivity contribution in [3.63, 3.8) is 0 Å². The molecule has 3 heteroatoms. The number of pyridine rings is 1. The van der Waals surface area contributed by atoms with Crippen molar-refractivity contribution in [2.24, 2.45) is 11.7 Å². The van der Waals surface area contributed by atoms with Crippen LogP contribution >= 0.6 is 0 Å². The second-order valence-electron chi connectivity index (χ2n) is 6.19. The van der Waals surface area contributed by atoms with Gasteiger partial charge in [0.15, 0.2) is 0 Å². The first-order valence-electron chi connectivity index (χ1n) is 7.69. The molecule has 0 bridgehead atoms. The number of anilines is 1. The number of aromatic nitrogens is 1. The molecule has 1 aromatic rings. The summed E-state index contributed by atoms with van der Waals surface area (Å²) in [6.45, 7) is 6.42. The van der Waals surface area contributed by atoms with E-state index in [0.717, 1.165) is 18.9 Å². The number of rotatable bonds is 2. The Morgan fingerprint density at radius 3 is 2.95 bits per heavy atom. The van der Waals surface area contributed by atoms with E-state index >= 15 is 0 Å². The number of fused-ring (bicyclic) bond motifs is 1. The van der Waals surface area contributed by atoms with Gasteiger partial charge < -0.3 is 10.6 Å². The van der Waals surface area contributed by atoms with Gasteiger partial charge in [-0.15, -0.1) is 0 Å². The Morgan fingerprint density at radius 1 is 1.32 bits per heavy atom. The van der Waals surface area contributed by atoms with Crippen LogP contribution in [-0.4, -0.2) is 17.6 Å². The molecule has 2 heterocycles. The van der Waals surface area contributed by atoms with Crippen molar-refractivity contribution in [1.82, 2.24) is 4.98 Å². The third-order valence-corrected chi connectivity index (χ3v) is 4.97. The van der Waals surface area contributed by atoms with Crippen LogP contribution in [-0.2, 0) is 19.4 Å². The molecule has 0 spiro atoms. The molecule has 2 atom stereocenters. The summed E-state index contributed by atoms with van der Waals surface area (Å²) in [5.74, 6) is 1.91. The van der Waals surface area contributed by atoms with Crippen LogP contribution in [0.25, 0.3) is 0 Å². The van der Waals surface area contributed by atoms with E-state index in [-0.39, 0.29) is 0 Å². The van der Waals surface area contributed by atoms with E-state index in [1.54, 1.807) is 0 Å². The number of aryl methyl sites for hydroxylation is 2. The van der Waals surface area contributed by atoms with E-state index in [1.807, 2.05) is 0 Å². The molecule has 2 N–H and O–H groups in total. The summed E-state index contributed by atoms with van der Waals surface area (Å²) in [5, 5.41) is 0. The summed E-state index contributed by atoms with van der Waals surface area (Å²) in [4.78, 5) is 7.47. The van der Waals surface area contributed by atoms with Crippen LogP contribution in [0.4, 0.5) is 5.82 Å². The third-order valence-electron chi connectivity index (χ3n) is 4.97. The fourth-order valence-electron chi connectivity index (χ4n) is 3.54. The summed E-state index contributed by atoms with van der Waals surface area (Å²) >= 11 is 0. The van der Waals surface area contributed by atoms with Crippen LogP contribution in [0.15, 0.2) is 6.07 Å². The van der Waals surface area contributed by atoms with Crippen LogP contribution in [0.1, 0.15) is 49.9 Å². The van der Waals surface area contributed by atoms with E-state index in [0.29, 0.717) is 12.6 Å². The zero-order valence-corrected chi connectivity index (χ0v) is 12.2. The van der Waals surface area contributed by atoms with Crippen molar-refractivity contribution in [3.8, 4) is 0 Å². The maximum Gasteiger partial charge on any atom is 0.133 e. The summed E-state index contributed by atoms with van der Waals surface area (Å²) in [6.07, 6.45) is 6.18. The van der Waals surface area contributed by atoms with Gasteiger partial charge in [0.2, 0.25) is 0 Å². The highest BCUT2D eigenvalue weighted by molar-refractivity contribution is 5.52. The largest absolute Gasteiger partial charge is 0.353 e. The van der Waals surface area contributed by atoms with Gasteiger partial charge in [-0.3, -0.25) is 0 Å². The van der Waals surface area contributed by atoms with Gasteiger partial charge in [0.1, 0.15) is 5.82 Å². The van der Waals surface area contributed by atoms with Gasteiger partial charge in [-0.1, -0.05) is 6.92 Å². The van der Waals surface area contributed by atoms with Crippen LogP contribution in [0, 0.1) is 5.92 Å². The number of piperidine rings is 1. The van der Waals surface area contributed by atoms with Gasteiger partial charge >= 0.3 is 0 Å². The van der Waals surface area contributed by atoms with Crippen LogP contribution in [0.5, 0.6) is 0 Å². The maximum atomic E-state index is 5.96. The molecule has 1 saturated heterocycles. The lowest BCUT2D eigenvalue weighted by molar-refractivity contribution is 0.361. The van der Waals surface area contributed by atoms with Crippen LogP contribution < -0.4 is 10.6 Å². The molecule has 1 fully saturated rings. The topological polar surface area (TPSA) is 42.2 Å². The zero-order chi connectivity index (χ0) is 13.4. The number of hydrogen-bond donors (Lipinski definition) is 1. The zero-order valence-electron chi connectivity index (χ0n) is 12.2. The first-order chi connectivity index (χ1) is 9.20. The molecule has 0 aromatic carbocycles. The molecule has 104 valence electrons. The van der Waals surface area contributed by atoms with Crippen molar-refractivity contribution < 1.29 is 0 Å². The Bertz CT molecular complexity index is 469. The lowest BCUT2D eigenvalue weighted by atomic mass is 9.91. The predicted molar refractivity (Wildman–Crippen MR) is 79.4 cm³/mol. The lowest BCUT2D eigenvalue weighted by Gasteiger charge is -2.39. The number of hydrogen-bond acceptors (Lipinski definition) is 3. The van der Waals surface area contributed by atoms with Gasteiger partial charge in [-0.2, -0.15) is 0 Å². The minimum absolute atomic E-state index is 0.575. The maximum absolute atomic E-state index is 5.96. The number of nitrogens with two attached hydrogens (primary N) is 1. The number of nitrogens with zero attached hydrogens (tertiary/aromatic N) is 2. The van der Waals surface area contributed by atoms with Gasteiger partial charge in [0.25, 0.3) is 0 Å². The van der Waals surface area contributed by atoms with E-state index in [9.17, 15) is 0 Å². The minimum Gasteiger partial charge on any atom is -0.353 e. The molecule has 2 aliphatic rings. The predicted octanol–water partition coefficient (Wildman–Crippen LogP) is 2.65. The third kappa shape index (κ3) is 2.25. The second kappa shape index (κ2) is 5.12. The Balaban J connectivity index is 1.99. The Morgan fingerprint density at radius 2 is 2.16 bits per heavy atom. The van der Waals surface area contributed by atoms with Gasteiger partial charge in [-0.25, -0.2) is 4.98 Å². The molecule has 1 aromatic heterocycles. The molecule has 3 rings (SSSR count). The van der Waals surface area contributed by atoms with Crippen LogP contribution in [0.3, 0.4) is 0 Å². The highest BCUT2D eigenvalue weighted by Gasteiger charge is 2.28. The van der Waals surface area contributed by atoms with Gasteiger partial charge in [0.05, 0.1) is 0 Å². The van der Waals surface area contributed by atoms with E-state index < -0.39 is 0 Å². The standard InChI is InChI=1S/C16H25N3/c1-11-5-4-8-19(12(11)2)16-14(10-17)9-13-6-3-7-15(13)18-16/h9,11-12H,3-8,10,17H2,1-2H3. The SMILES string of the molecule is CC1CCCN(c2nc3c(cc2CN)CCC3)C1C. The molecule has 0 radical (unpaired) electrons. The quantitative estimate of drug-likeness (QED) is 0.888. The van der Waals surface area contributed by atoms with Crippen molar-refractivity contribution in [2.75, 3.05) is 11.4 Å². The summed E-state index contributed by atoms with van der Waals surface area (Å²) in [7, 11) is 0. The summed E-state index contributed by atoms with van der Waals surface area (Å²) in [5.41, 5.74) is 9.95. The molecule has 2 unspecified atom stereocenters. The normalized spacial score (nSPS) is 26.6. The molecule has 1 aliphatic heterocycles. The average molecular weight is 259 g/mol. The fraction of sp³-hybridized carbons (Fsp3) is 0.688. The highest BCUT2D eigenvalue weighted by atomic mass is 15.2. The molecular weight excluding hydrogens is 234 g/mol. The first kappa shape index (κ1) is 12.9. The van der Waals surface area contributed by atoms with Crippen molar-refractivity contribution >= 4 is 5.82 Å². The molecular formula is C16H25N3. The van der Waals surface area contributed by atoms with E-state index in [1.165, 1.54) is 48.3 Å². The molecule has 1 aliphatic carbocycles. The van der Waals surface area contributed by atoms with Gasteiger partial charge in [0, 0.05) is 30.4 Å².